The van der Waals surface area contributed by atoms with E-state index < -0.39 is 17.8 Å². The second kappa shape index (κ2) is 12.6. The van der Waals surface area contributed by atoms with Crippen LogP contribution >= 0.6 is 11.5 Å². The minimum atomic E-state index is -1.09. The summed E-state index contributed by atoms with van der Waals surface area (Å²) in [4.78, 5) is 34.8. The highest BCUT2D eigenvalue weighted by Crippen LogP contribution is 2.44. The lowest BCUT2D eigenvalue weighted by Crippen LogP contribution is -2.33. The van der Waals surface area contributed by atoms with E-state index >= 15 is 0 Å². The molecule has 0 aliphatic heterocycles. The minimum Gasteiger partial charge on any atom is -0.495 e. The number of carbonyl (C=O) groups is 3. The summed E-state index contributed by atoms with van der Waals surface area (Å²) in [6.07, 6.45) is -0.525. The number of aliphatic carboxylic acids is 1. The van der Waals surface area contributed by atoms with Crippen molar-refractivity contribution in [1.82, 2.24) is 9.69 Å². The number of methoxy groups -OCH3 is 4. The van der Waals surface area contributed by atoms with Crippen LogP contribution in [-0.2, 0) is 14.4 Å². The lowest BCUT2D eigenvalue weighted by Gasteiger charge is -2.15. The van der Waals surface area contributed by atoms with Gasteiger partial charge in [-0.2, -0.15) is 4.37 Å². The summed E-state index contributed by atoms with van der Waals surface area (Å²) >= 11 is 1.27. The van der Waals surface area contributed by atoms with Gasteiger partial charge in [0.05, 0.1) is 52.8 Å². The Morgan fingerprint density at radius 1 is 0.865 bits per heavy atom. The Kier molecular flexibility index (Phi) is 9.27. The molecule has 0 saturated heterocycles. The Labute approximate surface area is 217 Å². The normalized spacial score (nSPS) is 10.4. The highest BCUT2D eigenvalue weighted by molar-refractivity contribution is 7.04. The van der Waals surface area contributed by atoms with Gasteiger partial charge in [0.2, 0.25) is 17.6 Å². The van der Waals surface area contributed by atoms with Crippen LogP contribution in [0.25, 0.3) is 22.4 Å². The standard InChI is InChI=1S/C25H27N3O8S/c1-33-18-6-5-14(9-17(18)27-22(30)12-26-21(29)7-8-23(31)32)16-13-37-28-24(16)15-10-19(34-2)25(36-4)20(11-15)35-3/h5-6,9-11,13H,7-8,12H2,1-4H3,(H,26,29)(H,27,30)(H,31,32). The van der Waals surface area contributed by atoms with Gasteiger partial charge in [-0.25, -0.2) is 0 Å². The van der Waals surface area contributed by atoms with Gasteiger partial charge in [-0.05, 0) is 41.4 Å². The quantitative estimate of drug-likeness (QED) is 0.321. The summed E-state index contributed by atoms with van der Waals surface area (Å²) in [5.74, 6) is -0.241. The van der Waals surface area contributed by atoms with Crippen molar-refractivity contribution in [2.75, 3.05) is 40.3 Å². The first-order chi connectivity index (χ1) is 17.8. The first-order valence-corrected chi connectivity index (χ1v) is 11.9. The van der Waals surface area contributed by atoms with Crippen LogP contribution in [0.3, 0.4) is 0 Å². The molecule has 2 amide bonds. The Balaban J connectivity index is 1.87. The van der Waals surface area contributed by atoms with E-state index in [1.807, 2.05) is 11.4 Å². The number of nitrogens with one attached hydrogen (secondary N) is 2. The molecule has 1 heterocycles. The molecular formula is C25H27N3O8S. The number of carboxylic acid groups (broad SMARTS) is 1. The number of amides is 2. The van der Waals surface area contributed by atoms with E-state index in [1.165, 1.54) is 40.0 Å². The Morgan fingerprint density at radius 2 is 1.54 bits per heavy atom. The van der Waals surface area contributed by atoms with Crippen LogP contribution in [0.5, 0.6) is 23.0 Å². The lowest BCUT2D eigenvalue weighted by molar-refractivity contribution is -0.138. The molecule has 1 aromatic heterocycles. The zero-order chi connectivity index (χ0) is 26.9. The molecule has 2 aromatic carbocycles. The van der Waals surface area contributed by atoms with Crippen LogP contribution in [0, 0.1) is 0 Å². The molecule has 0 radical (unpaired) electrons. The zero-order valence-electron chi connectivity index (χ0n) is 20.7. The first-order valence-electron chi connectivity index (χ1n) is 11.0. The number of carbonyl (C=O) groups excluding carboxylic acids is 2. The fraction of sp³-hybridized carbons (Fsp3) is 0.280. The average molecular weight is 530 g/mol. The van der Waals surface area contributed by atoms with E-state index in [4.69, 9.17) is 24.1 Å². The molecule has 0 aliphatic carbocycles. The molecule has 37 heavy (non-hydrogen) atoms. The number of nitrogens with zero attached hydrogens (tertiary/aromatic N) is 1. The van der Waals surface area contributed by atoms with Crippen molar-refractivity contribution in [3.05, 3.63) is 35.7 Å². The largest absolute Gasteiger partial charge is 0.495 e. The van der Waals surface area contributed by atoms with Crippen molar-refractivity contribution in [3.63, 3.8) is 0 Å². The highest BCUT2D eigenvalue weighted by Gasteiger charge is 2.19. The van der Waals surface area contributed by atoms with Crippen molar-refractivity contribution in [1.29, 1.82) is 0 Å². The third-order valence-electron chi connectivity index (χ3n) is 5.30. The molecule has 196 valence electrons. The van der Waals surface area contributed by atoms with Gasteiger partial charge >= 0.3 is 5.97 Å². The van der Waals surface area contributed by atoms with E-state index in [2.05, 4.69) is 15.0 Å². The number of benzene rings is 2. The number of aromatic nitrogens is 1. The van der Waals surface area contributed by atoms with Gasteiger partial charge in [0.1, 0.15) is 5.75 Å². The van der Waals surface area contributed by atoms with E-state index in [9.17, 15) is 14.4 Å². The van der Waals surface area contributed by atoms with Gasteiger partial charge in [-0.1, -0.05) is 6.07 Å². The maximum absolute atomic E-state index is 12.5. The third kappa shape index (κ3) is 6.67. The number of anilines is 1. The molecule has 0 unspecified atom stereocenters. The summed E-state index contributed by atoms with van der Waals surface area (Å²) < 4.78 is 26.3. The predicted octanol–water partition coefficient (Wildman–Crippen LogP) is 3.43. The molecule has 3 rings (SSSR count). The highest BCUT2D eigenvalue weighted by atomic mass is 32.1. The van der Waals surface area contributed by atoms with Crippen LogP contribution < -0.4 is 29.6 Å². The molecule has 0 bridgehead atoms. The van der Waals surface area contributed by atoms with Gasteiger partial charge < -0.3 is 34.7 Å². The topological polar surface area (TPSA) is 145 Å². The molecule has 0 spiro atoms. The smallest absolute Gasteiger partial charge is 0.303 e. The summed E-state index contributed by atoms with van der Waals surface area (Å²) in [5, 5.41) is 15.7. The van der Waals surface area contributed by atoms with Crippen molar-refractivity contribution < 1.29 is 38.4 Å². The van der Waals surface area contributed by atoms with E-state index in [0.717, 1.165) is 16.7 Å². The Morgan fingerprint density at radius 3 is 2.14 bits per heavy atom. The number of hydrogen-bond donors (Lipinski definition) is 3. The van der Waals surface area contributed by atoms with Crippen LogP contribution in [0.1, 0.15) is 12.8 Å². The molecule has 12 heteroatoms. The van der Waals surface area contributed by atoms with E-state index in [-0.39, 0.29) is 19.4 Å². The molecule has 11 nitrogen and oxygen atoms in total. The van der Waals surface area contributed by atoms with Crippen LogP contribution in [0.15, 0.2) is 35.7 Å². The zero-order valence-corrected chi connectivity index (χ0v) is 21.6. The van der Waals surface area contributed by atoms with Crippen LogP contribution in [0.4, 0.5) is 5.69 Å². The number of hydrogen-bond acceptors (Lipinski definition) is 9. The van der Waals surface area contributed by atoms with Crippen molar-refractivity contribution in [2.45, 2.75) is 12.8 Å². The van der Waals surface area contributed by atoms with Crippen LogP contribution in [-0.4, -0.2) is 62.2 Å². The number of carboxylic acids is 1. The fourth-order valence-corrected chi connectivity index (χ4v) is 4.24. The maximum Gasteiger partial charge on any atom is 0.303 e. The maximum atomic E-state index is 12.5. The van der Waals surface area contributed by atoms with Crippen molar-refractivity contribution in [3.8, 4) is 45.4 Å². The second-order valence-electron chi connectivity index (χ2n) is 7.62. The third-order valence-corrected chi connectivity index (χ3v) is 5.93. The van der Waals surface area contributed by atoms with Gasteiger partial charge in [-0.3, -0.25) is 14.4 Å². The SMILES string of the molecule is COc1ccc(-c2csnc2-c2cc(OC)c(OC)c(OC)c2)cc1NC(=O)CNC(=O)CCC(=O)O. The van der Waals surface area contributed by atoms with Crippen LogP contribution in [0.2, 0.25) is 0 Å². The molecule has 0 aliphatic rings. The minimum absolute atomic E-state index is 0.212. The molecule has 0 fully saturated rings. The number of rotatable bonds is 12. The van der Waals surface area contributed by atoms with Gasteiger partial charge in [-0.15, -0.1) is 0 Å². The number of ether oxygens (including phenoxy) is 4. The van der Waals surface area contributed by atoms with Crippen molar-refractivity contribution in [2.24, 2.45) is 0 Å². The Hall–Kier alpha value is -4.32. The molecule has 3 aromatic rings. The fourth-order valence-electron chi connectivity index (χ4n) is 3.52. The second-order valence-corrected chi connectivity index (χ2v) is 8.25. The molecule has 3 N–H and O–H groups in total. The summed E-state index contributed by atoms with van der Waals surface area (Å²) in [6, 6.07) is 8.91. The lowest BCUT2D eigenvalue weighted by atomic mass is 10.0. The average Bonchev–Trinajstić information content (AvgIpc) is 3.39. The summed E-state index contributed by atoms with van der Waals surface area (Å²) in [6.45, 7) is -0.317. The van der Waals surface area contributed by atoms with E-state index in [1.54, 1.807) is 24.3 Å². The monoisotopic (exact) mass is 529 g/mol. The first kappa shape index (κ1) is 27.3. The molecule has 0 saturated carbocycles. The predicted molar refractivity (Wildman–Crippen MR) is 138 cm³/mol. The van der Waals surface area contributed by atoms with Gasteiger partial charge in [0, 0.05) is 22.9 Å². The summed E-state index contributed by atoms with van der Waals surface area (Å²) in [7, 11) is 6.08. The molecule has 0 atom stereocenters. The van der Waals surface area contributed by atoms with E-state index in [0.29, 0.717) is 34.4 Å². The van der Waals surface area contributed by atoms with Gasteiger partial charge in [0.25, 0.3) is 0 Å². The Bertz CT molecular complexity index is 1270. The van der Waals surface area contributed by atoms with Gasteiger partial charge in [0.15, 0.2) is 11.5 Å². The summed E-state index contributed by atoms with van der Waals surface area (Å²) in [5.41, 5.74) is 3.39. The van der Waals surface area contributed by atoms with Crippen molar-refractivity contribution >= 4 is 35.0 Å². The molecular weight excluding hydrogens is 502 g/mol.